The van der Waals surface area contributed by atoms with Crippen LogP contribution in [-0.2, 0) is 11.8 Å². The van der Waals surface area contributed by atoms with Gasteiger partial charge in [-0.1, -0.05) is 17.8 Å². The highest BCUT2D eigenvalue weighted by molar-refractivity contribution is 7.99. The number of carbonyl (C=O) groups is 1. The highest BCUT2D eigenvalue weighted by atomic mass is 32.2. The van der Waals surface area contributed by atoms with Crippen LogP contribution in [0.4, 0.5) is 5.69 Å². The molecular weight excluding hydrogens is 346 g/mol. The summed E-state index contributed by atoms with van der Waals surface area (Å²) in [4.78, 5) is 17.4. The third-order valence-electron chi connectivity index (χ3n) is 3.97. The smallest absolute Gasteiger partial charge is 0.262 e. The Morgan fingerprint density at radius 3 is 2.58 bits per heavy atom. The lowest BCUT2D eigenvalue weighted by Gasteiger charge is -2.09. The lowest BCUT2D eigenvalue weighted by molar-refractivity contribution is -0.118. The molecule has 0 unspecified atom stereocenters. The first-order valence-electron chi connectivity index (χ1n) is 8.26. The molecule has 0 bridgehead atoms. The number of amides is 1. The average Bonchev–Trinajstić information content (AvgIpc) is 3.02. The number of imidazole rings is 1. The molecule has 0 aliphatic carbocycles. The van der Waals surface area contributed by atoms with Crippen molar-refractivity contribution in [3.8, 4) is 5.75 Å². The second kappa shape index (κ2) is 8.10. The van der Waals surface area contributed by atoms with Crippen molar-refractivity contribution in [1.29, 1.82) is 0 Å². The number of rotatable bonds is 6. The van der Waals surface area contributed by atoms with Gasteiger partial charge in [-0.3, -0.25) is 4.79 Å². The number of benzene rings is 2. The Morgan fingerprint density at radius 1 is 1.15 bits per heavy atom. The Kier molecular flexibility index (Phi) is 5.63. The van der Waals surface area contributed by atoms with E-state index in [1.165, 1.54) is 5.56 Å². The fourth-order valence-electron chi connectivity index (χ4n) is 2.31. The molecule has 0 radical (unpaired) electrons. The molecule has 26 heavy (non-hydrogen) atoms. The number of hydrogen-bond acceptors (Lipinski definition) is 4. The normalized spacial score (nSPS) is 10.6. The van der Waals surface area contributed by atoms with Gasteiger partial charge in [-0.2, -0.15) is 0 Å². The molecule has 6 heteroatoms. The van der Waals surface area contributed by atoms with Crippen LogP contribution in [0, 0.1) is 13.8 Å². The number of anilines is 1. The highest BCUT2D eigenvalue weighted by Crippen LogP contribution is 2.26. The maximum Gasteiger partial charge on any atom is 0.262 e. The summed E-state index contributed by atoms with van der Waals surface area (Å²) in [5, 5.41) is 3.76. The Morgan fingerprint density at radius 2 is 1.92 bits per heavy atom. The average molecular weight is 367 g/mol. The van der Waals surface area contributed by atoms with Crippen LogP contribution < -0.4 is 10.1 Å². The minimum absolute atomic E-state index is 0.0216. The van der Waals surface area contributed by atoms with Crippen molar-refractivity contribution in [3.05, 3.63) is 66.0 Å². The molecule has 5 nitrogen and oxygen atoms in total. The van der Waals surface area contributed by atoms with Gasteiger partial charge >= 0.3 is 0 Å². The molecule has 1 aromatic heterocycles. The van der Waals surface area contributed by atoms with Gasteiger partial charge in [-0.25, -0.2) is 4.98 Å². The summed E-state index contributed by atoms with van der Waals surface area (Å²) in [5.74, 6) is 0.512. The van der Waals surface area contributed by atoms with E-state index in [0.29, 0.717) is 5.75 Å². The van der Waals surface area contributed by atoms with Crippen molar-refractivity contribution < 1.29 is 9.53 Å². The van der Waals surface area contributed by atoms with Gasteiger partial charge in [0.1, 0.15) is 5.75 Å². The van der Waals surface area contributed by atoms with Crippen LogP contribution in [0.5, 0.6) is 5.75 Å². The third kappa shape index (κ3) is 4.67. The second-order valence-corrected chi connectivity index (χ2v) is 7.07. The van der Waals surface area contributed by atoms with Crippen molar-refractivity contribution in [2.75, 3.05) is 11.9 Å². The Labute approximate surface area is 157 Å². The molecule has 0 aliphatic heterocycles. The van der Waals surface area contributed by atoms with Crippen LogP contribution in [-0.4, -0.2) is 22.1 Å². The zero-order valence-corrected chi connectivity index (χ0v) is 15.8. The first-order chi connectivity index (χ1) is 12.5. The maximum absolute atomic E-state index is 12.1. The minimum Gasteiger partial charge on any atom is -0.484 e. The standard InChI is InChI=1S/C20H21N3O2S/c1-14-4-7-17(12-15(14)2)25-13-19(24)22-16-5-8-18(9-6-16)26-20-21-10-11-23(20)3/h4-12H,13H2,1-3H3,(H,22,24). The lowest BCUT2D eigenvalue weighted by atomic mass is 10.1. The number of nitrogens with one attached hydrogen (secondary N) is 1. The van der Waals surface area contributed by atoms with Gasteiger partial charge in [0.2, 0.25) is 0 Å². The fraction of sp³-hybridized carbons (Fsp3) is 0.200. The van der Waals surface area contributed by atoms with Crippen LogP contribution >= 0.6 is 11.8 Å². The number of nitrogens with zero attached hydrogens (tertiary/aromatic N) is 2. The Bertz CT molecular complexity index is 904. The third-order valence-corrected chi connectivity index (χ3v) is 5.06. The summed E-state index contributed by atoms with van der Waals surface area (Å²) < 4.78 is 7.52. The molecule has 3 rings (SSSR count). The van der Waals surface area contributed by atoms with Crippen molar-refractivity contribution in [2.45, 2.75) is 23.9 Å². The van der Waals surface area contributed by atoms with E-state index in [9.17, 15) is 4.79 Å². The van der Waals surface area contributed by atoms with Crippen molar-refractivity contribution >= 4 is 23.4 Å². The van der Waals surface area contributed by atoms with E-state index < -0.39 is 0 Å². The van der Waals surface area contributed by atoms with Gasteiger partial charge in [0.15, 0.2) is 11.8 Å². The molecular formula is C20H21N3O2S. The largest absolute Gasteiger partial charge is 0.484 e. The van der Waals surface area contributed by atoms with E-state index >= 15 is 0 Å². The molecule has 0 aliphatic rings. The van der Waals surface area contributed by atoms with E-state index in [-0.39, 0.29) is 12.5 Å². The van der Waals surface area contributed by atoms with Crippen LogP contribution in [0.2, 0.25) is 0 Å². The quantitative estimate of drug-likeness (QED) is 0.709. The molecule has 3 aromatic rings. The molecule has 0 fully saturated rings. The van der Waals surface area contributed by atoms with Gasteiger partial charge in [0, 0.05) is 30.0 Å². The van der Waals surface area contributed by atoms with Gasteiger partial charge in [-0.15, -0.1) is 0 Å². The molecule has 1 amide bonds. The zero-order valence-electron chi connectivity index (χ0n) is 15.0. The number of carbonyl (C=O) groups excluding carboxylic acids is 1. The molecule has 1 heterocycles. The predicted octanol–water partition coefficient (Wildman–Crippen LogP) is 4.21. The number of aryl methyl sites for hydroxylation is 3. The van der Waals surface area contributed by atoms with Gasteiger partial charge < -0.3 is 14.6 Å². The molecule has 0 atom stereocenters. The minimum atomic E-state index is -0.187. The lowest BCUT2D eigenvalue weighted by Crippen LogP contribution is -2.20. The zero-order chi connectivity index (χ0) is 18.5. The topological polar surface area (TPSA) is 56.1 Å². The number of aromatic nitrogens is 2. The molecule has 0 saturated heterocycles. The number of hydrogen-bond donors (Lipinski definition) is 1. The van der Waals surface area contributed by atoms with Crippen molar-refractivity contribution in [2.24, 2.45) is 7.05 Å². The summed E-state index contributed by atoms with van der Waals surface area (Å²) in [6.45, 7) is 4.04. The molecule has 134 valence electrons. The summed E-state index contributed by atoms with van der Waals surface area (Å²) in [7, 11) is 1.96. The number of ether oxygens (including phenoxy) is 1. The van der Waals surface area contributed by atoms with E-state index in [1.54, 1.807) is 18.0 Å². The summed E-state index contributed by atoms with van der Waals surface area (Å²) in [6.07, 6.45) is 3.68. The van der Waals surface area contributed by atoms with Crippen LogP contribution in [0.25, 0.3) is 0 Å². The Hall–Kier alpha value is -2.73. The first-order valence-corrected chi connectivity index (χ1v) is 9.08. The van der Waals surface area contributed by atoms with Gasteiger partial charge in [-0.05, 0) is 61.4 Å². The van der Waals surface area contributed by atoms with Crippen LogP contribution in [0.1, 0.15) is 11.1 Å². The monoisotopic (exact) mass is 367 g/mol. The predicted molar refractivity (Wildman–Crippen MR) is 104 cm³/mol. The van der Waals surface area contributed by atoms with Crippen LogP contribution in [0.3, 0.4) is 0 Å². The first kappa shape index (κ1) is 18.1. The summed E-state index contributed by atoms with van der Waals surface area (Å²) >= 11 is 1.57. The van der Waals surface area contributed by atoms with Gasteiger partial charge in [0.25, 0.3) is 5.91 Å². The van der Waals surface area contributed by atoms with Crippen LogP contribution in [0.15, 0.2) is 64.9 Å². The molecule has 1 N–H and O–H groups in total. The van der Waals surface area contributed by atoms with E-state index in [0.717, 1.165) is 21.3 Å². The molecule has 0 spiro atoms. The second-order valence-electron chi connectivity index (χ2n) is 6.03. The summed E-state index contributed by atoms with van der Waals surface area (Å²) in [5.41, 5.74) is 3.08. The fourth-order valence-corrected chi connectivity index (χ4v) is 3.11. The summed E-state index contributed by atoms with van der Waals surface area (Å²) in [6, 6.07) is 13.5. The van der Waals surface area contributed by atoms with E-state index in [2.05, 4.69) is 10.3 Å². The molecule has 0 saturated carbocycles. The SMILES string of the molecule is Cc1ccc(OCC(=O)Nc2ccc(Sc3nccn3C)cc2)cc1C. The van der Waals surface area contributed by atoms with Gasteiger partial charge in [0.05, 0.1) is 0 Å². The Balaban J connectivity index is 1.52. The maximum atomic E-state index is 12.1. The van der Waals surface area contributed by atoms with Crippen molar-refractivity contribution in [1.82, 2.24) is 9.55 Å². The highest BCUT2D eigenvalue weighted by Gasteiger charge is 2.06. The van der Waals surface area contributed by atoms with E-state index in [4.69, 9.17) is 4.74 Å². The van der Waals surface area contributed by atoms with Crippen molar-refractivity contribution in [3.63, 3.8) is 0 Å². The van der Waals surface area contributed by atoms with E-state index in [1.807, 2.05) is 74.1 Å². The molecule has 2 aromatic carbocycles.